The lowest BCUT2D eigenvalue weighted by Crippen LogP contribution is -1.90. The Labute approximate surface area is 104 Å². The molecule has 7 heteroatoms. The Bertz CT molecular complexity index is 660. The molecular weight excluding hydrogens is 267 g/mol. The predicted molar refractivity (Wildman–Crippen MR) is 64.1 cm³/mol. The highest BCUT2D eigenvalue weighted by atomic mass is 35.5. The third kappa shape index (κ3) is 1.48. The predicted octanol–water partition coefficient (Wildman–Crippen LogP) is 3.16. The summed E-state index contributed by atoms with van der Waals surface area (Å²) >= 11 is 13.4. The molecular formula is C9H4Cl2N4S. The number of thiophene rings is 1. The molecule has 16 heavy (non-hydrogen) atoms. The van der Waals surface area contributed by atoms with E-state index in [0.29, 0.717) is 21.0 Å². The molecule has 0 spiro atoms. The van der Waals surface area contributed by atoms with Crippen LogP contribution in [0.25, 0.3) is 16.3 Å². The number of nitrogens with zero attached hydrogens (tertiary/aromatic N) is 4. The summed E-state index contributed by atoms with van der Waals surface area (Å²) in [6.45, 7) is 0. The molecule has 0 aromatic carbocycles. The van der Waals surface area contributed by atoms with Crippen LogP contribution in [-0.2, 0) is 0 Å². The first-order chi connectivity index (χ1) is 7.75. The number of hydrogen-bond acceptors (Lipinski definition) is 4. The van der Waals surface area contributed by atoms with Gasteiger partial charge in [0.2, 0.25) is 0 Å². The van der Waals surface area contributed by atoms with Crippen molar-refractivity contribution in [3.8, 4) is 10.7 Å². The highest BCUT2D eigenvalue weighted by Gasteiger charge is 2.12. The maximum Gasteiger partial charge on any atom is 0.180 e. The minimum Gasteiger partial charge on any atom is -0.262 e. The number of fused-ring (bicyclic) bond motifs is 1. The summed E-state index contributed by atoms with van der Waals surface area (Å²) in [5.41, 5.74) is 0.618. The van der Waals surface area contributed by atoms with Crippen molar-refractivity contribution < 1.29 is 0 Å². The van der Waals surface area contributed by atoms with Crippen molar-refractivity contribution in [2.24, 2.45) is 0 Å². The Morgan fingerprint density at radius 2 is 2.00 bits per heavy atom. The fourth-order valence-electron chi connectivity index (χ4n) is 1.41. The number of aromatic nitrogens is 4. The molecule has 0 aliphatic heterocycles. The van der Waals surface area contributed by atoms with Crippen molar-refractivity contribution in [1.82, 2.24) is 19.6 Å². The standard InChI is InChI=1S/C9H4Cl2N4S/c10-6-3-12-4-8-13-14-9(15(6)8)5-1-2-7(11)16-5/h1-4H. The molecule has 0 amide bonds. The summed E-state index contributed by atoms with van der Waals surface area (Å²) in [5, 5.41) is 8.55. The van der Waals surface area contributed by atoms with Crippen molar-refractivity contribution in [3.63, 3.8) is 0 Å². The van der Waals surface area contributed by atoms with Crippen LogP contribution >= 0.6 is 34.5 Å². The third-order valence-electron chi connectivity index (χ3n) is 2.07. The van der Waals surface area contributed by atoms with Gasteiger partial charge >= 0.3 is 0 Å². The minimum atomic E-state index is 0.474. The summed E-state index contributed by atoms with van der Waals surface area (Å²) < 4.78 is 2.44. The van der Waals surface area contributed by atoms with Crippen molar-refractivity contribution in [2.75, 3.05) is 0 Å². The van der Waals surface area contributed by atoms with Crippen molar-refractivity contribution in [1.29, 1.82) is 0 Å². The summed E-state index contributed by atoms with van der Waals surface area (Å²) in [7, 11) is 0. The smallest absolute Gasteiger partial charge is 0.180 e. The monoisotopic (exact) mass is 270 g/mol. The van der Waals surface area contributed by atoms with Crippen molar-refractivity contribution in [2.45, 2.75) is 0 Å². The Balaban J connectivity index is 2.32. The maximum absolute atomic E-state index is 6.05. The normalized spacial score (nSPS) is 11.1. The molecule has 0 aliphatic rings. The Kier molecular flexibility index (Phi) is 2.31. The average Bonchev–Trinajstić information content (AvgIpc) is 2.84. The van der Waals surface area contributed by atoms with Gasteiger partial charge in [0, 0.05) is 0 Å². The molecule has 80 valence electrons. The van der Waals surface area contributed by atoms with Gasteiger partial charge in [-0.1, -0.05) is 23.2 Å². The zero-order valence-electron chi connectivity index (χ0n) is 7.76. The average molecular weight is 271 g/mol. The van der Waals surface area contributed by atoms with Crippen LogP contribution in [0.4, 0.5) is 0 Å². The molecule has 0 aliphatic carbocycles. The van der Waals surface area contributed by atoms with E-state index in [4.69, 9.17) is 23.2 Å². The number of halogens is 2. The minimum absolute atomic E-state index is 0.474. The molecule has 3 aromatic rings. The maximum atomic E-state index is 6.05. The van der Waals surface area contributed by atoms with Crippen LogP contribution in [0, 0.1) is 0 Å². The fraction of sp³-hybridized carbons (Fsp3) is 0. The van der Waals surface area contributed by atoms with Gasteiger partial charge in [0.1, 0.15) is 5.15 Å². The zero-order chi connectivity index (χ0) is 11.1. The van der Waals surface area contributed by atoms with E-state index in [2.05, 4.69) is 15.2 Å². The molecule has 0 N–H and O–H groups in total. The number of hydrogen-bond donors (Lipinski definition) is 0. The van der Waals surface area contributed by atoms with Gasteiger partial charge in [0.25, 0.3) is 0 Å². The fourth-order valence-corrected chi connectivity index (χ4v) is 2.65. The zero-order valence-corrected chi connectivity index (χ0v) is 10.1. The van der Waals surface area contributed by atoms with Crippen LogP contribution in [0.5, 0.6) is 0 Å². The molecule has 0 bridgehead atoms. The van der Waals surface area contributed by atoms with E-state index in [1.807, 2.05) is 12.1 Å². The second kappa shape index (κ2) is 3.69. The quantitative estimate of drug-likeness (QED) is 0.682. The van der Waals surface area contributed by atoms with Crippen molar-refractivity contribution in [3.05, 3.63) is 34.0 Å². The summed E-state index contributed by atoms with van der Waals surface area (Å²) in [5.74, 6) is 0.680. The summed E-state index contributed by atoms with van der Waals surface area (Å²) in [6, 6.07) is 3.71. The molecule has 0 unspecified atom stereocenters. The van der Waals surface area contributed by atoms with Gasteiger partial charge in [-0.25, -0.2) is 0 Å². The Hall–Kier alpha value is -1.17. The van der Waals surface area contributed by atoms with Crippen LogP contribution < -0.4 is 0 Å². The van der Waals surface area contributed by atoms with Gasteiger partial charge < -0.3 is 0 Å². The second-order valence-electron chi connectivity index (χ2n) is 3.05. The molecule has 0 fully saturated rings. The molecule has 3 rings (SSSR count). The van der Waals surface area contributed by atoms with Gasteiger partial charge in [-0.15, -0.1) is 21.5 Å². The van der Waals surface area contributed by atoms with Gasteiger partial charge in [0.05, 0.1) is 21.6 Å². The first-order valence-corrected chi connectivity index (χ1v) is 5.93. The van der Waals surface area contributed by atoms with E-state index in [1.54, 1.807) is 16.8 Å². The van der Waals surface area contributed by atoms with Crippen molar-refractivity contribution >= 4 is 40.2 Å². The van der Waals surface area contributed by atoms with Gasteiger partial charge in [-0.2, -0.15) is 0 Å². The van der Waals surface area contributed by atoms with E-state index in [-0.39, 0.29) is 0 Å². The van der Waals surface area contributed by atoms with E-state index in [1.165, 1.54) is 11.3 Å². The third-order valence-corrected chi connectivity index (χ3v) is 3.56. The molecule has 4 nitrogen and oxygen atoms in total. The lowest BCUT2D eigenvalue weighted by atomic mass is 10.4. The molecule has 3 aromatic heterocycles. The van der Waals surface area contributed by atoms with Crippen LogP contribution in [0.2, 0.25) is 9.49 Å². The Morgan fingerprint density at radius 3 is 2.75 bits per heavy atom. The molecule has 0 saturated heterocycles. The van der Waals surface area contributed by atoms with E-state index < -0.39 is 0 Å². The second-order valence-corrected chi connectivity index (χ2v) is 5.15. The SMILES string of the molecule is Clc1ccc(-c2nnc3cncc(Cl)n23)s1. The van der Waals surface area contributed by atoms with Crippen LogP contribution in [0.15, 0.2) is 24.5 Å². The summed E-state index contributed by atoms with van der Waals surface area (Å²) in [4.78, 5) is 4.87. The number of rotatable bonds is 1. The van der Waals surface area contributed by atoms with Crippen LogP contribution in [-0.4, -0.2) is 19.6 Å². The van der Waals surface area contributed by atoms with E-state index >= 15 is 0 Å². The Morgan fingerprint density at radius 1 is 1.12 bits per heavy atom. The highest BCUT2D eigenvalue weighted by molar-refractivity contribution is 7.19. The van der Waals surface area contributed by atoms with Crippen LogP contribution in [0.1, 0.15) is 0 Å². The summed E-state index contributed by atoms with van der Waals surface area (Å²) in [6.07, 6.45) is 3.16. The first-order valence-electron chi connectivity index (χ1n) is 4.36. The molecule has 0 radical (unpaired) electrons. The van der Waals surface area contributed by atoms with Gasteiger partial charge in [0.15, 0.2) is 11.5 Å². The largest absolute Gasteiger partial charge is 0.262 e. The first kappa shape index (κ1) is 10.0. The van der Waals surface area contributed by atoms with E-state index in [9.17, 15) is 0 Å². The van der Waals surface area contributed by atoms with E-state index in [0.717, 1.165) is 4.88 Å². The molecule has 0 atom stereocenters. The highest BCUT2D eigenvalue weighted by Crippen LogP contribution is 2.30. The topological polar surface area (TPSA) is 43.1 Å². The molecule has 3 heterocycles. The molecule has 0 saturated carbocycles. The lowest BCUT2D eigenvalue weighted by molar-refractivity contribution is 1.12. The van der Waals surface area contributed by atoms with Crippen LogP contribution in [0.3, 0.4) is 0 Å². The van der Waals surface area contributed by atoms with Gasteiger partial charge in [-0.05, 0) is 12.1 Å². The lowest BCUT2D eigenvalue weighted by Gasteiger charge is -1.98. The van der Waals surface area contributed by atoms with Gasteiger partial charge in [-0.3, -0.25) is 9.38 Å².